The maximum Gasteiger partial charge on any atom is 0.407 e. The third-order valence-electron chi connectivity index (χ3n) is 4.78. The number of phenols is 1. The fraction of sp³-hybridized carbons (Fsp3) is 0.444. The predicted molar refractivity (Wildman–Crippen MR) is 109 cm³/mol. The van der Waals surface area contributed by atoms with Gasteiger partial charge in [-0.3, -0.25) is 14.7 Å². The van der Waals surface area contributed by atoms with E-state index in [4.69, 9.17) is 5.11 Å². The van der Waals surface area contributed by atoms with Gasteiger partial charge in [0.25, 0.3) is 0 Å². The van der Waals surface area contributed by atoms with Crippen molar-refractivity contribution in [2.45, 2.75) is 31.3 Å². The number of anilines is 1. The number of amides is 2. The van der Waals surface area contributed by atoms with Gasteiger partial charge in [-0.2, -0.15) is 0 Å². The maximum absolute atomic E-state index is 12.5. The monoisotopic (exact) mass is 467 g/mol. The van der Waals surface area contributed by atoms with Gasteiger partial charge < -0.3 is 26.0 Å². The Morgan fingerprint density at radius 1 is 1.34 bits per heavy atom. The number of hydrogen-bond donors (Lipinski definition) is 5. The summed E-state index contributed by atoms with van der Waals surface area (Å²) < 4.78 is 0.505. The molecule has 2 amide bonds. The van der Waals surface area contributed by atoms with Crippen LogP contribution in [0.15, 0.2) is 22.8 Å². The summed E-state index contributed by atoms with van der Waals surface area (Å²) in [4.78, 5) is 33.8. The molecule has 1 aromatic heterocycles. The molecule has 1 aliphatic heterocycles. The van der Waals surface area contributed by atoms with Crippen molar-refractivity contribution < 1.29 is 24.9 Å². The number of aromatic nitrogens is 2. The topological polar surface area (TPSA) is 148 Å². The molecule has 0 saturated carbocycles. The molecular weight excluding hydrogens is 446 g/mol. The molecule has 2 heterocycles. The highest BCUT2D eigenvalue weighted by molar-refractivity contribution is 9.10. The van der Waals surface area contributed by atoms with Crippen molar-refractivity contribution in [3.05, 3.63) is 22.8 Å². The fourth-order valence-corrected chi connectivity index (χ4v) is 3.62. The number of piperidine rings is 1. The molecule has 5 N–H and O–H groups in total. The van der Waals surface area contributed by atoms with E-state index >= 15 is 0 Å². The summed E-state index contributed by atoms with van der Waals surface area (Å²) in [5.41, 5.74) is 0.878. The van der Waals surface area contributed by atoms with Crippen LogP contribution >= 0.6 is 15.9 Å². The normalized spacial score (nSPS) is 19.2. The predicted octanol–water partition coefficient (Wildman–Crippen LogP) is 1.52. The molecule has 10 nitrogen and oxygen atoms in total. The highest BCUT2D eigenvalue weighted by Gasteiger charge is 2.36. The molecule has 29 heavy (non-hydrogen) atoms. The van der Waals surface area contributed by atoms with Crippen molar-refractivity contribution >= 4 is 44.8 Å². The number of halogens is 1. The van der Waals surface area contributed by atoms with Gasteiger partial charge in [-0.25, -0.2) is 9.78 Å². The van der Waals surface area contributed by atoms with Crippen LogP contribution in [0.2, 0.25) is 0 Å². The molecule has 11 heteroatoms. The van der Waals surface area contributed by atoms with Crippen molar-refractivity contribution in [2.75, 3.05) is 25.0 Å². The Morgan fingerprint density at radius 2 is 2.14 bits per heavy atom. The van der Waals surface area contributed by atoms with Gasteiger partial charge in [0, 0.05) is 25.7 Å². The Balaban J connectivity index is 1.74. The molecule has 0 aliphatic carbocycles. The summed E-state index contributed by atoms with van der Waals surface area (Å²) >= 11 is 3.25. The summed E-state index contributed by atoms with van der Waals surface area (Å²) in [5, 5.41) is 34.3. The number of carbonyl (C=O) groups is 2. The van der Waals surface area contributed by atoms with E-state index in [1.807, 2.05) is 0 Å². The summed E-state index contributed by atoms with van der Waals surface area (Å²) in [6, 6.07) is 2.38. The molecule has 1 aromatic carbocycles. The van der Waals surface area contributed by atoms with Gasteiger partial charge in [-0.1, -0.05) is 0 Å². The van der Waals surface area contributed by atoms with Crippen LogP contribution in [-0.2, 0) is 4.79 Å². The van der Waals surface area contributed by atoms with Gasteiger partial charge in [0.1, 0.15) is 17.4 Å². The van der Waals surface area contributed by atoms with Crippen LogP contribution in [0.1, 0.15) is 19.3 Å². The number of carboxylic acid groups (broad SMARTS) is 1. The first kappa shape index (κ1) is 21.1. The number of phenolic OH excluding ortho intramolecular Hbond substituents is 1. The van der Waals surface area contributed by atoms with E-state index in [9.17, 15) is 19.8 Å². The highest BCUT2D eigenvalue weighted by Crippen LogP contribution is 2.31. The van der Waals surface area contributed by atoms with Crippen LogP contribution in [0.3, 0.4) is 0 Å². The van der Waals surface area contributed by atoms with E-state index in [2.05, 4.69) is 36.5 Å². The number of fused-ring (bicyclic) bond motifs is 1. The van der Waals surface area contributed by atoms with Crippen LogP contribution in [0.5, 0.6) is 5.75 Å². The lowest BCUT2D eigenvalue weighted by molar-refractivity contribution is -0.127. The van der Waals surface area contributed by atoms with Crippen molar-refractivity contribution in [3.8, 4) is 5.75 Å². The second-order valence-corrected chi connectivity index (χ2v) is 7.60. The van der Waals surface area contributed by atoms with E-state index in [-0.39, 0.29) is 37.9 Å². The summed E-state index contributed by atoms with van der Waals surface area (Å²) in [7, 11) is 0. The summed E-state index contributed by atoms with van der Waals surface area (Å²) in [6.45, 7) is 0.423. The number of nitrogens with zero attached hydrogens (tertiary/aromatic N) is 3. The van der Waals surface area contributed by atoms with Crippen molar-refractivity contribution in [2.24, 2.45) is 0 Å². The zero-order valence-corrected chi connectivity index (χ0v) is 17.1. The zero-order chi connectivity index (χ0) is 21.0. The molecule has 156 valence electrons. The number of hydrogen-bond acceptors (Lipinski definition) is 7. The second-order valence-electron chi connectivity index (χ2n) is 6.74. The quantitative estimate of drug-likeness (QED) is 0.401. The number of benzene rings is 1. The van der Waals surface area contributed by atoms with Gasteiger partial charge in [-0.05, 0) is 47.3 Å². The van der Waals surface area contributed by atoms with E-state index in [0.29, 0.717) is 34.2 Å². The molecule has 2 atom stereocenters. The average molecular weight is 468 g/mol. The lowest BCUT2D eigenvalue weighted by Crippen LogP contribution is -2.55. The Bertz CT molecular complexity index is 912. The first-order valence-electron chi connectivity index (χ1n) is 9.19. The minimum absolute atomic E-state index is 0.0134. The third-order valence-corrected chi connectivity index (χ3v) is 5.42. The van der Waals surface area contributed by atoms with Crippen LogP contribution < -0.4 is 10.6 Å². The number of aliphatic hydroxyl groups excluding tert-OH is 1. The van der Waals surface area contributed by atoms with Crippen molar-refractivity contribution in [1.82, 2.24) is 20.2 Å². The molecule has 1 aliphatic rings. The summed E-state index contributed by atoms with van der Waals surface area (Å²) in [6.07, 6.45) is 1.55. The highest BCUT2D eigenvalue weighted by atomic mass is 79.9. The lowest BCUT2D eigenvalue weighted by atomic mass is 9.96. The van der Waals surface area contributed by atoms with E-state index in [1.165, 1.54) is 6.20 Å². The van der Waals surface area contributed by atoms with Gasteiger partial charge in [-0.15, -0.1) is 0 Å². The van der Waals surface area contributed by atoms with Crippen LogP contribution in [-0.4, -0.2) is 74.0 Å². The van der Waals surface area contributed by atoms with Crippen molar-refractivity contribution in [3.63, 3.8) is 0 Å². The smallest absolute Gasteiger partial charge is 0.407 e. The molecule has 0 spiro atoms. The first-order chi connectivity index (χ1) is 13.9. The van der Waals surface area contributed by atoms with E-state index in [1.54, 1.807) is 12.1 Å². The summed E-state index contributed by atoms with van der Waals surface area (Å²) in [5.74, 6) is 0.0260. The maximum atomic E-state index is 12.5. The molecule has 0 unspecified atom stereocenters. The standard InChI is InChI=1S/C18H22BrN5O5/c19-11-2-3-12-15(16(11)26)23-14(9-21-12)22-10-4-6-24(18(28)29)13(8-10)17(27)20-5-1-7-25/h2-3,9-10,13,25-26H,1,4-8H2,(H,20,27)(H,22,23)(H,28,29)/t10-,13-/m0/s1. The van der Waals surface area contributed by atoms with E-state index < -0.39 is 18.0 Å². The van der Waals surface area contributed by atoms with Crippen molar-refractivity contribution in [1.29, 1.82) is 0 Å². The Kier molecular flexibility index (Phi) is 6.70. The average Bonchev–Trinajstić information content (AvgIpc) is 2.71. The molecule has 0 bridgehead atoms. The Morgan fingerprint density at radius 3 is 2.86 bits per heavy atom. The van der Waals surface area contributed by atoms with Crippen LogP contribution in [0.4, 0.5) is 10.6 Å². The van der Waals surface area contributed by atoms with Crippen LogP contribution in [0.25, 0.3) is 11.0 Å². The zero-order valence-electron chi connectivity index (χ0n) is 15.5. The Hall–Kier alpha value is -2.66. The fourth-order valence-electron chi connectivity index (χ4n) is 3.30. The molecular formula is C18H22BrN5O5. The number of likely N-dealkylation sites (tertiary alicyclic amines) is 1. The number of aliphatic hydroxyl groups is 1. The number of rotatable bonds is 6. The van der Waals surface area contributed by atoms with Gasteiger partial charge in [0.15, 0.2) is 5.75 Å². The Labute approximate surface area is 175 Å². The van der Waals surface area contributed by atoms with E-state index in [0.717, 1.165) is 4.90 Å². The third kappa shape index (κ3) is 4.85. The molecule has 2 aromatic rings. The minimum Gasteiger partial charge on any atom is -0.504 e. The van der Waals surface area contributed by atoms with Gasteiger partial charge >= 0.3 is 6.09 Å². The van der Waals surface area contributed by atoms with Gasteiger partial charge in [0.05, 0.1) is 16.2 Å². The number of carbonyl (C=O) groups excluding carboxylic acids is 1. The SMILES string of the molecule is O=C(NCCCO)[C@@H]1C[C@@H](Nc2cnc3ccc(Br)c(O)c3n2)CCN1C(=O)O. The molecule has 0 radical (unpaired) electrons. The first-order valence-corrected chi connectivity index (χ1v) is 9.99. The van der Waals surface area contributed by atoms with Crippen LogP contribution in [0, 0.1) is 0 Å². The van der Waals surface area contributed by atoms with Gasteiger partial charge in [0.2, 0.25) is 5.91 Å². The number of aromatic hydroxyl groups is 1. The number of nitrogens with one attached hydrogen (secondary N) is 2. The largest absolute Gasteiger partial charge is 0.504 e. The second kappa shape index (κ2) is 9.23. The molecule has 1 saturated heterocycles. The lowest BCUT2D eigenvalue weighted by Gasteiger charge is -2.37. The minimum atomic E-state index is -1.15. The molecule has 3 rings (SSSR count). The molecule has 1 fully saturated rings.